The molecule has 5 nitrogen and oxygen atoms in total. The maximum atomic E-state index is 12.4. The lowest BCUT2D eigenvalue weighted by atomic mass is 9.76. The van der Waals surface area contributed by atoms with Gasteiger partial charge >= 0.3 is 5.97 Å². The van der Waals surface area contributed by atoms with Gasteiger partial charge in [0, 0.05) is 5.69 Å². The molecule has 4 N–H and O–H groups in total. The van der Waals surface area contributed by atoms with E-state index in [9.17, 15) is 14.7 Å². The average molecular weight is 290 g/mol. The number of hydrogen-bond acceptors (Lipinski definition) is 3. The van der Waals surface area contributed by atoms with Crippen molar-refractivity contribution in [1.82, 2.24) is 5.32 Å². The number of nitrogens with two attached hydrogens (primary N) is 1. The lowest BCUT2D eigenvalue weighted by molar-refractivity contribution is -0.146. The highest BCUT2D eigenvalue weighted by atomic mass is 16.4. The summed E-state index contributed by atoms with van der Waals surface area (Å²) in [5, 5.41) is 12.3. The minimum atomic E-state index is -1.18. The number of benzene rings is 1. The molecule has 5 heteroatoms. The third-order valence-corrected chi connectivity index (χ3v) is 4.21. The second-order valence-electron chi connectivity index (χ2n) is 6.13. The van der Waals surface area contributed by atoms with Gasteiger partial charge in [0.25, 0.3) is 5.91 Å². The Morgan fingerprint density at radius 1 is 1.43 bits per heavy atom. The molecule has 0 heterocycles. The van der Waals surface area contributed by atoms with E-state index < -0.39 is 17.4 Å². The highest BCUT2D eigenvalue weighted by molar-refractivity contribution is 6.01. The van der Waals surface area contributed by atoms with Crippen LogP contribution in [0.4, 0.5) is 5.69 Å². The van der Waals surface area contributed by atoms with E-state index in [0.717, 1.165) is 18.4 Å². The summed E-state index contributed by atoms with van der Waals surface area (Å²) in [5.41, 5.74) is 6.28. The molecule has 1 aromatic carbocycles. The molecule has 1 aliphatic carbocycles. The minimum Gasteiger partial charge on any atom is -0.480 e. The zero-order valence-corrected chi connectivity index (χ0v) is 12.5. The van der Waals surface area contributed by atoms with Crippen molar-refractivity contribution in [3.05, 3.63) is 29.3 Å². The van der Waals surface area contributed by atoms with Crippen molar-refractivity contribution in [3.63, 3.8) is 0 Å². The largest absolute Gasteiger partial charge is 0.480 e. The number of aryl methyl sites for hydroxylation is 1. The summed E-state index contributed by atoms with van der Waals surface area (Å²) >= 11 is 0. The summed E-state index contributed by atoms with van der Waals surface area (Å²) in [7, 11) is 0. The van der Waals surface area contributed by atoms with Crippen molar-refractivity contribution in [2.24, 2.45) is 5.92 Å². The van der Waals surface area contributed by atoms with Crippen molar-refractivity contribution < 1.29 is 14.7 Å². The number of nitrogens with one attached hydrogen (secondary N) is 1. The fourth-order valence-electron chi connectivity index (χ4n) is 3.06. The summed E-state index contributed by atoms with van der Waals surface area (Å²) in [5.74, 6) is -1.09. The number of amides is 1. The zero-order valence-electron chi connectivity index (χ0n) is 12.5. The Kier molecular flexibility index (Phi) is 4.21. The fraction of sp³-hybridized carbons (Fsp3) is 0.500. The van der Waals surface area contributed by atoms with Crippen LogP contribution in [0.2, 0.25) is 0 Å². The summed E-state index contributed by atoms with van der Waals surface area (Å²) < 4.78 is 0. The molecule has 114 valence electrons. The number of anilines is 1. The SMILES string of the molecule is Cc1ccc(N)c(C(=O)NC2(C(=O)O)CCCC(C)C2)c1. The maximum absolute atomic E-state index is 12.4. The minimum absolute atomic E-state index is 0.282. The van der Waals surface area contributed by atoms with E-state index in [2.05, 4.69) is 5.32 Å². The smallest absolute Gasteiger partial charge is 0.329 e. The number of aliphatic carboxylic acids is 1. The van der Waals surface area contributed by atoms with Crippen LogP contribution in [-0.2, 0) is 4.79 Å². The maximum Gasteiger partial charge on any atom is 0.329 e. The quantitative estimate of drug-likeness (QED) is 0.745. The predicted molar refractivity (Wildman–Crippen MR) is 81.1 cm³/mol. The van der Waals surface area contributed by atoms with Gasteiger partial charge in [-0.2, -0.15) is 0 Å². The van der Waals surface area contributed by atoms with Gasteiger partial charge in [0.2, 0.25) is 0 Å². The monoisotopic (exact) mass is 290 g/mol. The molecule has 0 spiro atoms. The Hall–Kier alpha value is -2.04. The Bertz CT molecular complexity index is 571. The van der Waals surface area contributed by atoms with E-state index >= 15 is 0 Å². The van der Waals surface area contributed by atoms with Gasteiger partial charge in [0.1, 0.15) is 5.54 Å². The van der Waals surface area contributed by atoms with Crippen molar-refractivity contribution in [1.29, 1.82) is 0 Å². The molecule has 1 aliphatic rings. The van der Waals surface area contributed by atoms with Crippen molar-refractivity contribution in [2.45, 2.75) is 45.1 Å². The number of carboxylic acid groups (broad SMARTS) is 1. The van der Waals surface area contributed by atoms with Crippen molar-refractivity contribution in [2.75, 3.05) is 5.73 Å². The molecule has 1 amide bonds. The van der Waals surface area contributed by atoms with Crippen LogP contribution in [0.15, 0.2) is 18.2 Å². The number of nitrogen functional groups attached to an aromatic ring is 1. The van der Waals surface area contributed by atoms with Crippen LogP contribution < -0.4 is 11.1 Å². The molecule has 21 heavy (non-hydrogen) atoms. The fourth-order valence-corrected chi connectivity index (χ4v) is 3.06. The van der Waals surface area contributed by atoms with Crippen LogP contribution in [0.1, 0.15) is 48.5 Å². The molecule has 0 radical (unpaired) electrons. The molecule has 1 fully saturated rings. The summed E-state index contributed by atoms with van der Waals surface area (Å²) in [6.45, 7) is 3.88. The van der Waals surface area contributed by atoms with Crippen molar-refractivity contribution >= 4 is 17.6 Å². The molecule has 0 aliphatic heterocycles. The molecule has 1 saturated carbocycles. The first-order chi connectivity index (χ1) is 9.84. The van der Waals surface area contributed by atoms with E-state index in [0.29, 0.717) is 24.1 Å². The average Bonchev–Trinajstić information content (AvgIpc) is 2.41. The van der Waals surface area contributed by atoms with E-state index in [1.54, 1.807) is 12.1 Å². The van der Waals surface area contributed by atoms with Gasteiger partial charge in [-0.15, -0.1) is 0 Å². The normalized spacial score (nSPS) is 25.3. The lowest BCUT2D eigenvalue weighted by Crippen LogP contribution is -2.56. The molecule has 2 rings (SSSR count). The topological polar surface area (TPSA) is 92.4 Å². The lowest BCUT2D eigenvalue weighted by Gasteiger charge is -2.37. The van der Waals surface area contributed by atoms with Gasteiger partial charge < -0.3 is 16.2 Å². The predicted octanol–water partition coefficient (Wildman–Crippen LogP) is 2.34. The van der Waals surface area contributed by atoms with Crippen LogP contribution in [0, 0.1) is 12.8 Å². The van der Waals surface area contributed by atoms with Gasteiger partial charge in [-0.1, -0.05) is 31.4 Å². The number of carbonyl (C=O) groups is 2. The number of carboxylic acids is 1. The van der Waals surface area contributed by atoms with Crippen LogP contribution in [0.25, 0.3) is 0 Å². The summed E-state index contributed by atoms with van der Waals surface area (Å²) in [6.07, 6.45) is 2.72. The Balaban J connectivity index is 2.27. The van der Waals surface area contributed by atoms with E-state index in [1.165, 1.54) is 0 Å². The Morgan fingerprint density at radius 2 is 2.14 bits per heavy atom. The molecule has 1 aromatic rings. The van der Waals surface area contributed by atoms with Crippen LogP contribution >= 0.6 is 0 Å². The number of hydrogen-bond donors (Lipinski definition) is 3. The standard InChI is InChI=1S/C16H22N2O3/c1-10-5-6-13(17)12(8-10)14(19)18-16(15(20)21)7-3-4-11(2)9-16/h5-6,8,11H,3-4,7,9,17H2,1-2H3,(H,18,19)(H,20,21). The third kappa shape index (κ3) is 3.17. The molecule has 0 saturated heterocycles. The summed E-state index contributed by atoms with van der Waals surface area (Å²) in [6, 6.07) is 5.18. The van der Waals surface area contributed by atoms with E-state index in [4.69, 9.17) is 5.73 Å². The van der Waals surface area contributed by atoms with Gasteiger partial charge in [-0.25, -0.2) is 4.79 Å². The molecule has 2 atom stereocenters. The highest BCUT2D eigenvalue weighted by Gasteiger charge is 2.43. The van der Waals surface area contributed by atoms with Crippen molar-refractivity contribution in [3.8, 4) is 0 Å². The third-order valence-electron chi connectivity index (χ3n) is 4.21. The van der Waals surface area contributed by atoms with Gasteiger partial charge in [-0.3, -0.25) is 4.79 Å². The van der Waals surface area contributed by atoms with E-state index in [-0.39, 0.29) is 5.92 Å². The second kappa shape index (κ2) is 5.76. The molecular formula is C16H22N2O3. The van der Waals surface area contributed by atoms with Gasteiger partial charge in [0.15, 0.2) is 0 Å². The van der Waals surface area contributed by atoms with E-state index in [1.807, 2.05) is 19.9 Å². The first-order valence-corrected chi connectivity index (χ1v) is 7.26. The molecular weight excluding hydrogens is 268 g/mol. The second-order valence-corrected chi connectivity index (χ2v) is 6.13. The number of carbonyl (C=O) groups excluding carboxylic acids is 1. The Labute approximate surface area is 124 Å². The first-order valence-electron chi connectivity index (χ1n) is 7.26. The highest BCUT2D eigenvalue weighted by Crippen LogP contribution is 2.33. The molecule has 0 aromatic heterocycles. The van der Waals surface area contributed by atoms with Gasteiger partial charge in [0.05, 0.1) is 5.56 Å². The molecule has 2 unspecified atom stereocenters. The van der Waals surface area contributed by atoms with Crippen LogP contribution in [-0.4, -0.2) is 22.5 Å². The first kappa shape index (κ1) is 15.4. The zero-order chi connectivity index (χ0) is 15.6. The van der Waals surface area contributed by atoms with Crippen LogP contribution in [0.5, 0.6) is 0 Å². The summed E-state index contributed by atoms with van der Waals surface area (Å²) in [4.78, 5) is 24.1. The molecule has 0 bridgehead atoms. The van der Waals surface area contributed by atoms with Crippen LogP contribution in [0.3, 0.4) is 0 Å². The Morgan fingerprint density at radius 3 is 2.76 bits per heavy atom. The number of rotatable bonds is 3. The van der Waals surface area contributed by atoms with Gasteiger partial charge in [-0.05, 0) is 37.8 Å².